The summed E-state index contributed by atoms with van der Waals surface area (Å²) >= 11 is 0. The summed E-state index contributed by atoms with van der Waals surface area (Å²) in [5, 5.41) is 0. The largest absolute Gasteiger partial charge is 0.485 e. The first-order valence-corrected chi connectivity index (χ1v) is 8.17. The lowest BCUT2D eigenvalue weighted by Gasteiger charge is -2.24. The number of rotatable bonds is 0. The van der Waals surface area contributed by atoms with Crippen LogP contribution in [-0.4, -0.2) is 37.2 Å². The number of benzene rings is 2. The molecule has 2 aromatic carbocycles. The van der Waals surface area contributed by atoms with Gasteiger partial charge in [-0.15, -0.1) is 0 Å². The molecule has 0 N–H and O–H groups in total. The van der Waals surface area contributed by atoms with Gasteiger partial charge in [0.25, 0.3) is 0 Å². The van der Waals surface area contributed by atoms with Crippen molar-refractivity contribution in [3.8, 4) is 11.5 Å². The second-order valence-corrected chi connectivity index (χ2v) is 6.57. The highest BCUT2D eigenvalue weighted by Gasteiger charge is 2.29. The van der Waals surface area contributed by atoms with Crippen LogP contribution in [0.1, 0.15) is 11.1 Å². The fourth-order valence-corrected chi connectivity index (χ4v) is 3.57. The molecule has 4 rings (SSSR count). The Kier molecular flexibility index (Phi) is 3.88. The average Bonchev–Trinajstić information content (AvgIpc) is 2.63. The molecule has 2 aliphatic rings. The zero-order chi connectivity index (χ0) is 16.7. The highest BCUT2D eigenvalue weighted by Crippen LogP contribution is 2.33. The third-order valence-electron chi connectivity index (χ3n) is 4.59. The first kappa shape index (κ1) is 15.4. The molecule has 2 atom stereocenters. The molecule has 0 aromatic heterocycles. The number of halogens is 2. The van der Waals surface area contributed by atoms with Crippen molar-refractivity contribution in [2.75, 3.05) is 20.1 Å². The van der Waals surface area contributed by atoms with Crippen molar-refractivity contribution in [1.82, 2.24) is 4.90 Å². The number of ether oxygens (including phenoxy) is 2. The first-order valence-electron chi connectivity index (χ1n) is 8.17. The third-order valence-corrected chi connectivity index (χ3v) is 4.59. The van der Waals surface area contributed by atoms with Gasteiger partial charge in [-0.1, -0.05) is 24.3 Å². The van der Waals surface area contributed by atoms with Crippen molar-refractivity contribution in [2.45, 2.75) is 25.0 Å². The second kappa shape index (κ2) is 6.06. The molecule has 5 heteroatoms. The van der Waals surface area contributed by atoms with Crippen molar-refractivity contribution in [3.63, 3.8) is 0 Å². The predicted molar refractivity (Wildman–Crippen MR) is 86.5 cm³/mol. The molecule has 2 heterocycles. The van der Waals surface area contributed by atoms with E-state index in [-0.39, 0.29) is 23.8 Å². The van der Waals surface area contributed by atoms with Crippen LogP contribution in [0.5, 0.6) is 11.5 Å². The topological polar surface area (TPSA) is 21.7 Å². The number of para-hydroxylation sites is 2. The monoisotopic (exact) mass is 331 g/mol. The van der Waals surface area contributed by atoms with E-state index < -0.39 is 0 Å². The van der Waals surface area contributed by atoms with Crippen LogP contribution in [0.3, 0.4) is 0 Å². The summed E-state index contributed by atoms with van der Waals surface area (Å²) in [7, 11) is 1.98. The zero-order valence-electron chi connectivity index (χ0n) is 13.5. The van der Waals surface area contributed by atoms with Crippen LogP contribution in [0.25, 0.3) is 0 Å². The van der Waals surface area contributed by atoms with E-state index in [1.165, 1.54) is 12.1 Å². The minimum Gasteiger partial charge on any atom is -0.485 e. The van der Waals surface area contributed by atoms with E-state index in [0.29, 0.717) is 37.4 Å². The smallest absolute Gasteiger partial charge is 0.165 e. The molecule has 0 saturated heterocycles. The first-order chi connectivity index (χ1) is 11.6. The Morgan fingerprint density at radius 2 is 1.29 bits per heavy atom. The molecule has 24 heavy (non-hydrogen) atoms. The Bertz CT molecular complexity index is 702. The normalized spacial score (nSPS) is 23.5. The highest BCUT2D eigenvalue weighted by molar-refractivity contribution is 5.39. The maximum Gasteiger partial charge on any atom is 0.165 e. The number of hydrogen-bond donors (Lipinski definition) is 0. The van der Waals surface area contributed by atoms with Crippen molar-refractivity contribution in [3.05, 3.63) is 59.2 Å². The molecular formula is C19H19F2NO2. The fourth-order valence-electron chi connectivity index (χ4n) is 3.57. The van der Waals surface area contributed by atoms with Gasteiger partial charge >= 0.3 is 0 Å². The van der Waals surface area contributed by atoms with E-state index in [1.54, 1.807) is 12.1 Å². The molecule has 126 valence electrons. The van der Waals surface area contributed by atoms with Crippen LogP contribution in [0.4, 0.5) is 8.78 Å². The van der Waals surface area contributed by atoms with E-state index in [1.807, 2.05) is 19.2 Å². The number of fused-ring (bicyclic) bond motifs is 6. The van der Waals surface area contributed by atoms with E-state index in [0.717, 1.165) is 11.1 Å². The summed E-state index contributed by atoms with van der Waals surface area (Å²) in [5.41, 5.74) is 1.53. The van der Waals surface area contributed by atoms with Gasteiger partial charge in [-0.05, 0) is 19.2 Å². The van der Waals surface area contributed by atoms with E-state index in [4.69, 9.17) is 9.47 Å². The van der Waals surface area contributed by atoms with E-state index in [9.17, 15) is 8.78 Å². The third kappa shape index (κ3) is 2.84. The van der Waals surface area contributed by atoms with Crippen molar-refractivity contribution in [2.24, 2.45) is 0 Å². The van der Waals surface area contributed by atoms with Crippen LogP contribution in [0, 0.1) is 11.6 Å². The van der Waals surface area contributed by atoms with Crippen molar-refractivity contribution >= 4 is 0 Å². The summed E-state index contributed by atoms with van der Waals surface area (Å²) in [5.74, 6) is -0.126. The number of likely N-dealkylation sites (N-methyl/N-ethyl adjacent to an activating group) is 1. The van der Waals surface area contributed by atoms with Crippen molar-refractivity contribution in [1.29, 1.82) is 0 Å². The summed E-state index contributed by atoms with van der Waals surface area (Å²) in [6.45, 7) is 1.26. The molecule has 0 radical (unpaired) electrons. The average molecular weight is 331 g/mol. The Morgan fingerprint density at radius 3 is 1.75 bits per heavy atom. The van der Waals surface area contributed by atoms with Gasteiger partial charge in [-0.25, -0.2) is 8.78 Å². The highest BCUT2D eigenvalue weighted by atomic mass is 19.1. The van der Waals surface area contributed by atoms with E-state index in [2.05, 4.69) is 4.90 Å². The van der Waals surface area contributed by atoms with Crippen LogP contribution >= 0.6 is 0 Å². The molecular weight excluding hydrogens is 312 g/mol. The van der Waals surface area contributed by atoms with Gasteiger partial charge < -0.3 is 9.47 Å². The fraction of sp³-hybridized carbons (Fsp3) is 0.368. The predicted octanol–water partition coefficient (Wildman–Crippen LogP) is 3.20. The Labute approximate surface area is 139 Å². The van der Waals surface area contributed by atoms with Gasteiger partial charge in [0.2, 0.25) is 0 Å². The van der Waals surface area contributed by atoms with E-state index >= 15 is 0 Å². The molecule has 2 bridgehead atoms. The minimum atomic E-state index is -0.360. The lowest BCUT2D eigenvalue weighted by Crippen LogP contribution is -2.38. The lowest BCUT2D eigenvalue weighted by atomic mass is 10.0. The lowest BCUT2D eigenvalue weighted by molar-refractivity contribution is 0.122. The van der Waals surface area contributed by atoms with Crippen LogP contribution < -0.4 is 9.47 Å². The maximum atomic E-state index is 14.3. The molecule has 2 aliphatic heterocycles. The summed E-state index contributed by atoms with van der Waals surface area (Å²) in [4.78, 5) is 2.10. The zero-order valence-corrected chi connectivity index (χ0v) is 13.5. The van der Waals surface area contributed by atoms with Gasteiger partial charge in [0.05, 0.1) is 0 Å². The quantitative estimate of drug-likeness (QED) is 0.740. The summed E-state index contributed by atoms with van der Waals surface area (Å²) < 4.78 is 40.7. The molecule has 0 unspecified atom stereocenters. The molecule has 2 aromatic rings. The van der Waals surface area contributed by atoms with Crippen molar-refractivity contribution < 1.29 is 18.3 Å². The molecule has 3 nitrogen and oxygen atoms in total. The SMILES string of the molecule is CN1C[C@@H]2Cc3cccc(F)c3O[C@@H](Cc3cccc(F)c3O2)C1. The van der Waals surface area contributed by atoms with Gasteiger partial charge in [-0.3, -0.25) is 4.90 Å². The Balaban J connectivity index is 1.83. The van der Waals surface area contributed by atoms with Gasteiger partial charge in [0, 0.05) is 37.1 Å². The second-order valence-electron chi connectivity index (χ2n) is 6.57. The molecule has 0 saturated carbocycles. The Hall–Kier alpha value is -2.14. The standard InChI is InChI=1S/C19H19F2NO2/c1-22-10-14-8-12-4-2-6-16(20)18(12)23-15(11-22)9-13-5-3-7-17(21)19(13)24-14/h2-7,14-15H,8-11H2,1H3/t14-,15-/m0/s1. The van der Waals surface area contributed by atoms with Gasteiger partial charge in [0.15, 0.2) is 23.1 Å². The van der Waals surface area contributed by atoms with Gasteiger partial charge in [-0.2, -0.15) is 0 Å². The summed E-state index contributed by atoms with van der Waals surface area (Å²) in [6.07, 6.45) is 0.397. The van der Waals surface area contributed by atoms with Gasteiger partial charge in [0.1, 0.15) is 12.2 Å². The summed E-state index contributed by atoms with van der Waals surface area (Å²) in [6, 6.07) is 9.86. The maximum absolute atomic E-state index is 14.3. The molecule has 0 amide bonds. The minimum absolute atomic E-state index is 0.272. The molecule has 0 spiro atoms. The van der Waals surface area contributed by atoms with Crippen LogP contribution in [-0.2, 0) is 12.8 Å². The number of nitrogens with zero attached hydrogens (tertiary/aromatic N) is 1. The Morgan fingerprint density at radius 1 is 0.833 bits per heavy atom. The van der Waals surface area contributed by atoms with Crippen LogP contribution in [0.2, 0.25) is 0 Å². The number of hydrogen-bond acceptors (Lipinski definition) is 3. The van der Waals surface area contributed by atoms with Crippen LogP contribution in [0.15, 0.2) is 36.4 Å². The molecule has 0 aliphatic carbocycles. The molecule has 0 fully saturated rings.